The van der Waals surface area contributed by atoms with Crippen molar-refractivity contribution in [2.24, 2.45) is 11.0 Å². The largest absolute Gasteiger partial charge is 0.468 e. The molecule has 1 heterocycles. The molecule has 34 heavy (non-hydrogen) atoms. The first-order valence-corrected chi connectivity index (χ1v) is 11.1. The number of methoxy groups -OCH3 is 1. The number of benzene rings is 2. The summed E-state index contributed by atoms with van der Waals surface area (Å²) < 4.78 is 6.64. The number of amides is 2. The normalized spacial score (nSPS) is 12.2. The molecule has 0 spiro atoms. The van der Waals surface area contributed by atoms with Crippen LogP contribution in [0.1, 0.15) is 35.5 Å². The SMILES string of the molecule is COC(=O)Cn1c(C)c(C=NNC(=O)C(NC(=O)c2ccccc2Cl)C(C)C)c2ccccc21. The number of para-hydroxylation sites is 1. The summed E-state index contributed by atoms with van der Waals surface area (Å²) in [4.78, 5) is 37.3. The third-order valence-electron chi connectivity index (χ3n) is 5.52. The van der Waals surface area contributed by atoms with Crippen molar-refractivity contribution < 1.29 is 19.1 Å². The first-order valence-electron chi connectivity index (χ1n) is 10.8. The van der Waals surface area contributed by atoms with E-state index in [1.807, 2.05) is 49.6 Å². The van der Waals surface area contributed by atoms with E-state index in [0.717, 1.165) is 22.2 Å². The molecule has 178 valence electrons. The number of aromatic nitrogens is 1. The van der Waals surface area contributed by atoms with Crippen molar-refractivity contribution in [3.8, 4) is 0 Å². The number of hydrazone groups is 1. The van der Waals surface area contributed by atoms with Gasteiger partial charge in [-0.1, -0.05) is 55.8 Å². The summed E-state index contributed by atoms with van der Waals surface area (Å²) >= 11 is 6.10. The molecule has 1 unspecified atom stereocenters. The number of ether oxygens (including phenoxy) is 1. The molecule has 8 nitrogen and oxygen atoms in total. The molecular weight excluding hydrogens is 456 g/mol. The minimum absolute atomic E-state index is 0.0621. The Bertz CT molecular complexity index is 1250. The lowest BCUT2D eigenvalue weighted by atomic mass is 10.0. The van der Waals surface area contributed by atoms with E-state index >= 15 is 0 Å². The maximum Gasteiger partial charge on any atom is 0.325 e. The number of carbonyl (C=O) groups excluding carboxylic acids is 3. The van der Waals surface area contributed by atoms with Gasteiger partial charge in [-0.25, -0.2) is 5.43 Å². The van der Waals surface area contributed by atoms with Gasteiger partial charge < -0.3 is 14.6 Å². The Morgan fingerprint density at radius 1 is 1.12 bits per heavy atom. The van der Waals surface area contributed by atoms with Crippen molar-refractivity contribution in [2.75, 3.05) is 7.11 Å². The third-order valence-corrected chi connectivity index (χ3v) is 5.85. The molecule has 0 aliphatic rings. The zero-order chi connectivity index (χ0) is 24.8. The molecule has 0 saturated carbocycles. The third kappa shape index (κ3) is 5.46. The van der Waals surface area contributed by atoms with Crippen molar-refractivity contribution >= 4 is 46.5 Å². The molecule has 2 N–H and O–H groups in total. The topological polar surface area (TPSA) is 102 Å². The van der Waals surface area contributed by atoms with Crippen LogP contribution in [0.3, 0.4) is 0 Å². The van der Waals surface area contributed by atoms with Crippen molar-refractivity contribution in [2.45, 2.75) is 33.4 Å². The van der Waals surface area contributed by atoms with Crippen LogP contribution in [0.4, 0.5) is 0 Å². The maximum absolute atomic E-state index is 12.8. The Hall–Kier alpha value is -3.65. The number of halogens is 1. The Balaban J connectivity index is 1.79. The summed E-state index contributed by atoms with van der Waals surface area (Å²) in [7, 11) is 1.34. The van der Waals surface area contributed by atoms with E-state index in [2.05, 4.69) is 15.8 Å². The number of carbonyl (C=O) groups is 3. The van der Waals surface area contributed by atoms with E-state index in [1.54, 1.807) is 24.3 Å². The number of nitrogens with one attached hydrogen (secondary N) is 2. The monoisotopic (exact) mass is 482 g/mol. The molecule has 0 bridgehead atoms. The van der Waals surface area contributed by atoms with Crippen molar-refractivity contribution in [3.63, 3.8) is 0 Å². The van der Waals surface area contributed by atoms with Crippen molar-refractivity contribution in [3.05, 3.63) is 70.4 Å². The molecule has 3 rings (SSSR count). The molecule has 0 aliphatic heterocycles. The van der Waals surface area contributed by atoms with Crippen molar-refractivity contribution in [1.82, 2.24) is 15.3 Å². The van der Waals surface area contributed by atoms with Crippen LogP contribution < -0.4 is 10.7 Å². The lowest BCUT2D eigenvalue weighted by molar-refractivity contribution is -0.141. The fourth-order valence-corrected chi connectivity index (χ4v) is 3.87. The predicted molar refractivity (Wildman–Crippen MR) is 132 cm³/mol. The number of hydrogen-bond donors (Lipinski definition) is 2. The molecule has 1 aromatic heterocycles. The van der Waals surface area contributed by atoms with Gasteiger partial charge >= 0.3 is 5.97 Å². The molecule has 0 saturated heterocycles. The highest BCUT2D eigenvalue weighted by Gasteiger charge is 2.25. The number of rotatable bonds is 8. The highest BCUT2D eigenvalue weighted by atomic mass is 35.5. The van der Waals surface area contributed by atoms with E-state index in [9.17, 15) is 14.4 Å². The van der Waals surface area contributed by atoms with Crippen LogP contribution in [0.15, 0.2) is 53.6 Å². The molecule has 0 radical (unpaired) electrons. The molecule has 0 aliphatic carbocycles. The molecule has 0 fully saturated rings. The highest BCUT2D eigenvalue weighted by molar-refractivity contribution is 6.33. The van der Waals surface area contributed by atoms with Gasteiger partial charge in [-0.15, -0.1) is 0 Å². The molecule has 9 heteroatoms. The van der Waals surface area contributed by atoms with Gasteiger partial charge in [-0.2, -0.15) is 5.10 Å². The fraction of sp³-hybridized carbons (Fsp3) is 0.280. The average Bonchev–Trinajstić information content (AvgIpc) is 3.08. The average molecular weight is 483 g/mol. The smallest absolute Gasteiger partial charge is 0.325 e. The number of nitrogens with zero attached hydrogens (tertiary/aromatic N) is 2. The minimum atomic E-state index is -0.817. The predicted octanol–water partition coefficient (Wildman–Crippen LogP) is 3.68. The Morgan fingerprint density at radius 3 is 2.47 bits per heavy atom. The first kappa shape index (κ1) is 25.0. The lowest BCUT2D eigenvalue weighted by Gasteiger charge is -2.20. The van der Waals surface area contributed by atoms with Gasteiger partial charge in [-0.3, -0.25) is 14.4 Å². The minimum Gasteiger partial charge on any atom is -0.468 e. The summed E-state index contributed by atoms with van der Waals surface area (Å²) in [5.41, 5.74) is 5.23. The van der Waals surface area contributed by atoms with Crippen LogP contribution in [-0.4, -0.2) is 41.7 Å². The first-order chi connectivity index (χ1) is 16.2. The van der Waals surface area contributed by atoms with Gasteiger partial charge in [0.15, 0.2) is 0 Å². The maximum atomic E-state index is 12.8. The van der Waals surface area contributed by atoms with Gasteiger partial charge in [0.25, 0.3) is 11.8 Å². The summed E-state index contributed by atoms with van der Waals surface area (Å²) in [6.07, 6.45) is 1.54. The zero-order valence-corrected chi connectivity index (χ0v) is 20.2. The van der Waals surface area contributed by atoms with E-state index in [4.69, 9.17) is 16.3 Å². The van der Waals surface area contributed by atoms with Gasteiger partial charge in [-0.05, 0) is 31.0 Å². The Kier molecular flexibility index (Phi) is 8.07. The second kappa shape index (κ2) is 11.0. The molecular formula is C25H27ClN4O4. The van der Waals surface area contributed by atoms with Crippen LogP contribution in [0.25, 0.3) is 10.9 Å². The molecule has 3 aromatic rings. The van der Waals surface area contributed by atoms with Gasteiger partial charge in [0.2, 0.25) is 0 Å². The summed E-state index contributed by atoms with van der Waals surface area (Å²) in [5.74, 6) is -1.45. The standard InChI is InChI=1S/C25H27ClN4O4/c1-15(2)23(28-24(32)18-10-5-7-11-20(18)26)25(33)29-27-13-19-16(3)30(14-22(31)34-4)21-12-8-6-9-17(19)21/h5-13,15,23H,14H2,1-4H3,(H,28,32)(H,29,33). The van der Waals surface area contributed by atoms with Crippen LogP contribution >= 0.6 is 11.6 Å². The van der Waals surface area contributed by atoms with Crippen LogP contribution in [-0.2, 0) is 20.9 Å². The van der Waals surface area contributed by atoms with Crippen molar-refractivity contribution in [1.29, 1.82) is 0 Å². The second-order valence-corrected chi connectivity index (χ2v) is 8.49. The highest BCUT2D eigenvalue weighted by Crippen LogP contribution is 2.24. The fourth-order valence-electron chi connectivity index (χ4n) is 3.65. The van der Waals surface area contributed by atoms with E-state index in [0.29, 0.717) is 10.6 Å². The van der Waals surface area contributed by atoms with E-state index in [1.165, 1.54) is 13.3 Å². The Morgan fingerprint density at radius 2 is 1.79 bits per heavy atom. The van der Waals surface area contributed by atoms with Crippen LogP contribution in [0.5, 0.6) is 0 Å². The van der Waals surface area contributed by atoms with Gasteiger partial charge in [0.1, 0.15) is 12.6 Å². The summed E-state index contributed by atoms with van der Waals surface area (Å²) in [6.45, 7) is 5.58. The van der Waals surface area contributed by atoms with Gasteiger partial charge in [0, 0.05) is 22.2 Å². The Labute approximate surface area is 202 Å². The van der Waals surface area contributed by atoms with E-state index < -0.39 is 17.9 Å². The van der Waals surface area contributed by atoms with Crippen LogP contribution in [0, 0.1) is 12.8 Å². The zero-order valence-electron chi connectivity index (χ0n) is 19.5. The quantitative estimate of drug-likeness (QED) is 0.290. The van der Waals surface area contributed by atoms with Gasteiger partial charge in [0.05, 0.1) is 23.9 Å². The number of fused-ring (bicyclic) bond motifs is 1. The second-order valence-electron chi connectivity index (χ2n) is 8.09. The van der Waals surface area contributed by atoms with E-state index in [-0.39, 0.29) is 18.4 Å². The summed E-state index contributed by atoms with van der Waals surface area (Å²) in [6, 6.07) is 13.4. The van der Waals surface area contributed by atoms with Crippen LogP contribution in [0.2, 0.25) is 5.02 Å². The summed E-state index contributed by atoms with van der Waals surface area (Å²) in [5, 5.41) is 8.05. The molecule has 2 amide bonds. The number of hydrogen-bond acceptors (Lipinski definition) is 5. The molecule has 1 atom stereocenters. The lowest BCUT2D eigenvalue weighted by Crippen LogP contribution is -2.48. The number of esters is 1. The molecule has 2 aromatic carbocycles.